The quantitative estimate of drug-likeness (QED) is 0.876. The Morgan fingerprint density at radius 3 is 2.77 bits per heavy atom. The number of nitrogens with zero attached hydrogens (tertiary/aromatic N) is 2. The first-order valence-electron chi connectivity index (χ1n) is 7.91. The topological polar surface area (TPSA) is 113 Å². The van der Waals surface area contributed by atoms with Crippen molar-refractivity contribution in [2.75, 3.05) is 11.5 Å². The number of carbonyl (C=O) groups excluding carboxylic acids is 1. The molecule has 26 heavy (non-hydrogen) atoms. The summed E-state index contributed by atoms with van der Waals surface area (Å²) >= 11 is 0. The number of nitriles is 1. The van der Waals surface area contributed by atoms with Crippen LogP contribution in [-0.4, -0.2) is 27.0 Å². The largest absolute Gasteiger partial charge is 0.482 e. The van der Waals surface area contributed by atoms with E-state index in [-0.39, 0.29) is 23.5 Å². The van der Waals surface area contributed by atoms with E-state index in [1.54, 1.807) is 35.2 Å². The second-order valence-corrected chi connectivity index (χ2v) is 7.61. The maximum Gasteiger partial charge on any atom is 0.265 e. The Kier molecular flexibility index (Phi) is 4.68. The molecule has 3 rings (SSSR count). The molecule has 0 aliphatic carbocycles. The first-order valence-corrected chi connectivity index (χ1v) is 9.45. The van der Waals surface area contributed by atoms with Gasteiger partial charge in [-0.1, -0.05) is 12.1 Å². The van der Waals surface area contributed by atoms with Crippen molar-refractivity contribution in [2.45, 2.75) is 24.3 Å². The fourth-order valence-electron chi connectivity index (χ4n) is 3.06. The lowest BCUT2D eigenvalue weighted by atomic mass is 10.1. The predicted molar refractivity (Wildman–Crippen MR) is 95.1 cm³/mol. The lowest BCUT2D eigenvalue weighted by Gasteiger charge is -2.23. The maximum absolute atomic E-state index is 12.6. The van der Waals surface area contributed by atoms with Gasteiger partial charge in [0.25, 0.3) is 5.91 Å². The summed E-state index contributed by atoms with van der Waals surface area (Å²) in [5.41, 5.74) is 1.75. The normalized spacial score (nSPS) is 16.0. The first-order chi connectivity index (χ1) is 12.3. The zero-order valence-corrected chi connectivity index (χ0v) is 14.9. The molecule has 8 heteroatoms. The van der Waals surface area contributed by atoms with E-state index in [1.807, 2.05) is 13.0 Å². The number of benzene rings is 2. The molecule has 0 saturated carbocycles. The van der Waals surface area contributed by atoms with E-state index in [9.17, 15) is 13.2 Å². The van der Waals surface area contributed by atoms with Gasteiger partial charge in [0.05, 0.1) is 10.5 Å². The van der Waals surface area contributed by atoms with Crippen LogP contribution in [0.2, 0.25) is 0 Å². The zero-order chi connectivity index (χ0) is 18.9. The van der Waals surface area contributed by atoms with E-state index >= 15 is 0 Å². The number of primary sulfonamides is 1. The van der Waals surface area contributed by atoms with Crippen LogP contribution >= 0.6 is 0 Å². The second kappa shape index (κ2) is 6.78. The van der Waals surface area contributed by atoms with Gasteiger partial charge in [0.15, 0.2) is 6.61 Å². The number of amides is 1. The van der Waals surface area contributed by atoms with Gasteiger partial charge in [-0.15, -0.1) is 0 Å². The minimum atomic E-state index is -3.79. The molecule has 1 heterocycles. The third kappa shape index (κ3) is 3.40. The molecule has 0 bridgehead atoms. The molecule has 134 valence electrons. The first kappa shape index (κ1) is 17.9. The predicted octanol–water partition coefficient (Wildman–Crippen LogP) is 1.56. The molecule has 0 unspecified atom stereocenters. The lowest BCUT2D eigenvalue weighted by molar-refractivity contribution is -0.120. The number of carbonyl (C=O) groups is 1. The van der Waals surface area contributed by atoms with Gasteiger partial charge in [-0.3, -0.25) is 4.79 Å². The van der Waals surface area contributed by atoms with Crippen LogP contribution in [0.1, 0.15) is 18.1 Å². The maximum atomic E-state index is 12.6. The van der Waals surface area contributed by atoms with Crippen LogP contribution in [0.3, 0.4) is 0 Å². The highest BCUT2D eigenvalue weighted by atomic mass is 32.2. The van der Waals surface area contributed by atoms with Crippen molar-refractivity contribution >= 4 is 21.6 Å². The van der Waals surface area contributed by atoms with Gasteiger partial charge in [-0.25, -0.2) is 13.6 Å². The molecular formula is C18H17N3O4S. The van der Waals surface area contributed by atoms with Crippen molar-refractivity contribution in [1.82, 2.24) is 0 Å². The van der Waals surface area contributed by atoms with Crippen LogP contribution in [0, 0.1) is 11.3 Å². The standard InChI is InChI=1S/C18H17N3O4S/c1-12-8-14-9-15(26(20,23)24)6-7-16(14)21(12)18(22)11-25-17-5-3-2-4-13(17)10-19/h2-7,9,12H,8,11H2,1H3,(H2,20,23,24)/t12-/m0/s1. The molecule has 0 radical (unpaired) electrons. The Hall–Kier alpha value is -2.89. The monoisotopic (exact) mass is 371 g/mol. The van der Waals surface area contributed by atoms with Crippen molar-refractivity contribution in [3.05, 3.63) is 53.6 Å². The summed E-state index contributed by atoms with van der Waals surface area (Å²) in [7, 11) is -3.79. The van der Waals surface area contributed by atoms with Gasteiger partial charge < -0.3 is 9.64 Å². The fourth-order valence-corrected chi connectivity index (χ4v) is 3.62. The van der Waals surface area contributed by atoms with Crippen molar-refractivity contribution in [2.24, 2.45) is 5.14 Å². The molecule has 2 aromatic rings. The number of anilines is 1. The third-order valence-corrected chi connectivity index (χ3v) is 5.13. The number of nitrogens with two attached hydrogens (primary N) is 1. The highest BCUT2D eigenvalue weighted by Crippen LogP contribution is 2.33. The fraction of sp³-hybridized carbons (Fsp3) is 0.222. The van der Waals surface area contributed by atoms with Crippen molar-refractivity contribution < 1.29 is 17.9 Å². The molecular weight excluding hydrogens is 354 g/mol. The summed E-state index contributed by atoms with van der Waals surface area (Å²) in [5, 5.41) is 14.2. The molecule has 1 amide bonds. The number of rotatable bonds is 4. The Bertz CT molecular complexity index is 1010. The van der Waals surface area contributed by atoms with Gasteiger partial charge in [0.2, 0.25) is 10.0 Å². The molecule has 2 N–H and O–H groups in total. The summed E-state index contributed by atoms with van der Waals surface area (Å²) in [5.74, 6) is 0.0762. The Morgan fingerprint density at radius 1 is 1.35 bits per heavy atom. The van der Waals surface area contributed by atoms with Gasteiger partial charge in [-0.05, 0) is 49.2 Å². The van der Waals surface area contributed by atoms with E-state index in [0.717, 1.165) is 5.56 Å². The van der Waals surface area contributed by atoms with Crippen molar-refractivity contribution in [3.8, 4) is 11.8 Å². The van der Waals surface area contributed by atoms with E-state index in [0.29, 0.717) is 23.4 Å². The van der Waals surface area contributed by atoms with Crippen LogP contribution in [0.5, 0.6) is 5.75 Å². The number of sulfonamides is 1. The van der Waals surface area contributed by atoms with Gasteiger partial charge in [-0.2, -0.15) is 5.26 Å². The molecule has 0 spiro atoms. The van der Waals surface area contributed by atoms with Gasteiger partial charge in [0, 0.05) is 11.7 Å². The highest BCUT2D eigenvalue weighted by Gasteiger charge is 2.32. The number of fused-ring (bicyclic) bond motifs is 1. The number of para-hydroxylation sites is 1. The molecule has 1 aliphatic heterocycles. The van der Waals surface area contributed by atoms with Crippen molar-refractivity contribution in [1.29, 1.82) is 5.26 Å². The van der Waals surface area contributed by atoms with Crippen LogP contribution in [0.25, 0.3) is 0 Å². The molecule has 0 saturated heterocycles. The zero-order valence-electron chi connectivity index (χ0n) is 14.0. The molecule has 7 nitrogen and oxygen atoms in total. The average Bonchev–Trinajstić information content (AvgIpc) is 2.94. The van der Waals surface area contributed by atoms with Crippen molar-refractivity contribution in [3.63, 3.8) is 0 Å². The van der Waals surface area contributed by atoms with Crippen LogP contribution in [0.4, 0.5) is 5.69 Å². The van der Waals surface area contributed by atoms with Crippen LogP contribution in [-0.2, 0) is 21.2 Å². The molecule has 2 aromatic carbocycles. The van der Waals surface area contributed by atoms with E-state index in [4.69, 9.17) is 15.1 Å². The molecule has 1 atom stereocenters. The Balaban J connectivity index is 1.80. The smallest absolute Gasteiger partial charge is 0.265 e. The Morgan fingerprint density at radius 2 is 2.08 bits per heavy atom. The Labute approximate surface area is 151 Å². The minimum Gasteiger partial charge on any atom is -0.482 e. The number of hydrogen-bond acceptors (Lipinski definition) is 5. The highest BCUT2D eigenvalue weighted by molar-refractivity contribution is 7.89. The summed E-state index contributed by atoms with van der Waals surface area (Å²) in [6, 6.07) is 13.0. The van der Waals surface area contributed by atoms with Crippen LogP contribution < -0.4 is 14.8 Å². The number of ether oxygens (including phenoxy) is 1. The SMILES string of the molecule is C[C@H]1Cc2cc(S(N)(=O)=O)ccc2N1C(=O)COc1ccccc1C#N. The van der Waals surface area contributed by atoms with Gasteiger partial charge >= 0.3 is 0 Å². The molecule has 0 aromatic heterocycles. The average molecular weight is 371 g/mol. The lowest BCUT2D eigenvalue weighted by Crippen LogP contribution is -2.39. The van der Waals surface area contributed by atoms with Crippen LogP contribution in [0.15, 0.2) is 47.4 Å². The minimum absolute atomic E-state index is 0.0250. The second-order valence-electron chi connectivity index (χ2n) is 6.05. The van der Waals surface area contributed by atoms with E-state index < -0.39 is 10.0 Å². The third-order valence-electron chi connectivity index (χ3n) is 4.22. The van der Waals surface area contributed by atoms with E-state index in [2.05, 4.69) is 0 Å². The van der Waals surface area contributed by atoms with E-state index in [1.165, 1.54) is 12.1 Å². The summed E-state index contributed by atoms with van der Waals surface area (Å²) in [6.07, 6.45) is 0.527. The summed E-state index contributed by atoms with van der Waals surface area (Å²) < 4.78 is 28.5. The summed E-state index contributed by atoms with van der Waals surface area (Å²) in [4.78, 5) is 14.3. The summed E-state index contributed by atoms with van der Waals surface area (Å²) in [6.45, 7) is 1.65. The molecule has 1 aliphatic rings. The van der Waals surface area contributed by atoms with Gasteiger partial charge in [0.1, 0.15) is 11.8 Å². The molecule has 0 fully saturated rings. The number of hydrogen-bond donors (Lipinski definition) is 1.